The second-order valence-corrected chi connectivity index (χ2v) is 5.15. The minimum atomic E-state index is 0.576. The summed E-state index contributed by atoms with van der Waals surface area (Å²) < 4.78 is 3.35. The molecule has 0 fully saturated rings. The van der Waals surface area contributed by atoms with Crippen LogP contribution in [0.3, 0.4) is 0 Å². The van der Waals surface area contributed by atoms with Crippen LogP contribution in [0, 0.1) is 13.8 Å². The Morgan fingerprint density at radius 2 is 1.95 bits per heavy atom. The summed E-state index contributed by atoms with van der Waals surface area (Å²) in [6, 6.07) is 10.3. The second-order valence-electron chi connectivity index (χ2n) is 5.15. The quantitative estimate of drug-likeness (QED) is 0.695. The lowest BCUT2D eigenvalue weighted by Crippen LogP contribution is -2.06. The molecule has 0 atom stereocenters. The molecule has 0 saturated heterocycles. The maximum absolute atomic E-state index is 4.42. The second kappa shape index (κ2) is 5.93. The lowest BCUT2D eigenvalue weighted by atomic mass is 10.1. The van der Waals surface area contributed by atoms with E-state index >= 15 is 0 Å². The van der Waals surface area contributed by atoms with Crippen molar-refractivity contribution < 1.29 is 0 Å². The van der Waals surface area contributed by atoms with Crippen LogP contribution in [0.4, 0.5) is 0 Å². The highest BCUT2D eigenvalue weighted by Gasteiger charge is 2.10. The van der Waals surface area contributed by atoms with Gasteiger partial charge in [-0.15, -0.1) is 10.2 Å². The largest absolute Gasteiger partial charge is 0.273 e. The van der Waals surface area contributed by atoms with Gasteiger partial charge in [0.2, 0.25) is 0 Å². The van der Waals surface area contributed by atoms with Crippen LogP contribution < -0.4 is 0 Å². The summed E-state index contributed by atoms with van der Waals surface area (Å²) in [6.07, 6.45) is 4.39. The highest BCUT2D eigenvalue weighted by molar-refractivity contribution is 5.79. The van der Waals surface area contributed by atoms with E-state index in [0.29, 0.717) is 5.95 Å². The minimum absolute atomic E-state index is 0.576. The van der Waals surface area contributed by atoms with Crippen molar-refractivity contribution >= 4 is 6.21 Å². The number of aryl methyl sites for hydroxylation is 3. The molecule has 0 amide bonds. The van der Waals surface area contributed by atoms with Gasteiger partial charge in [-0.2, -0.15) is 14.9 Å². The Morgan fingerprint density at radius 3 is 2.59 bits per heavy atom. The zero-order valence-corrected chi connectivity index (χ0v) is 12.9. The Kier molecular flexibility index (Phi) is 3.82. The van der Waals surface area contributed by atoms with Crippen LogP contribution in [0.5, 0.6) is 0 Å². The predicted octanol–water partition coefficient (Wildman–Crippen LogP) is 2.53. The summed E-state index contributed by atoms with van der Waals surface area (Å²) in [5.41, 5.74) is 4.27. The number of hydrogen-bond acceptors (Lipinski definition) is 4. The third-order valence-corrected chi connectivity index (χ3v) is 3.43. The van der Waals surface area contributed by atoms with Gasteiger partial charge in [-0.05, 0) is 37.5 Å². The molecule has 6 nitrogen and oxygen atoms in total. The third-order valence-electron chi connectivity index (χ3n) is 3.43. The molecule has 0 aliphatic carbocycles. The lowest BCUT2D eigenvalue weighted by molar-refractivity contribution is 0.717. The molecule has 0 aliphatic rings. The van der Waals surface area contributed by atoms with Gasteiger partial charge in [0, 0.05) is 5.69 Å². The first-order chi connectivity index (χ1) is 10.7. The van der Waals surface area contributed by atoms with E-state index in [0.717, 1.165) is 23.4 Å². The van der Waals surface area contributed by atoms with Gasteiger partial charge in [-0.25, -0.2) is 4.68 Å². The topological polar surface area (TPSA) is 60.9 Å². The molecular formula is C16H18N6. The van der Waals surface area contributed by atoms with Crippen molar-refractivity contribution in [3.63, 3.8) is 0 Å². The molecule has 0 aliphatic heterocycles. The van der Waals surface area contributed by atoms with E-state index in [9.17, 15) is 0 Å². The zero-order valence-electron chi connectivity index (χ0n) is 12.9. The van der Waals surface area contributed by atoms with Crippen molar-refractivity contribution in [2.75, 3.05) is 0 Å². The van der Waals surface area contributed by atoms with Crippen molar-refractivity contribution in [2.45, 2.75) is 27.2 Å². The zero-order chi connectivity index (χ0) is 15.5. The first-order valence-electron chi connectivity index (χ1n) is 7.24. The maximum atomic E-state index is 4.42. The average molecular weight is 294 g/mol. The van der Waals surface area contributed by atoms with E-state index in [1.807, 2.05) is 19.9 Å². The maximum Gasteiger partial charge on any atom is 0.273 e. The molecule has 22 heavy (non-hydrogen) atoms. The van der Waals surface area contributed by atoms with Crippen molar-refractivity contribution in [3.8, 4) is 5.95 Å². The smallest absolute Gasteiger partial charge is 0.202 e. The predicted molar refractivity (Wildman–Crippen MR) is 85.4 cm³/mol. The van der Waals surface area contributed by atoms with E-state index in [4.69, 9.17) is 0 Å². The molecule has 3 aromatic rings. The van der Waals surface area contributed by atoms with Crippen LogP contribution in [0.1, 0.15) is 29.4 Å². The molecule has 0 radical (unpaired) electrons. The van der Waals surface area contributed by atoms with E-state index in [1.165, 1.54) is 5.56 Å². The molecule has 0 unspecified atom stereocenters. The molecule has 2 heterocycles. The molecular weight excluding hydrogens is 276 g/mol. The van der Waals surface area contributed by atoms with Crippen molar-refractivity contribution in [2.24, 2.45) is 5.10 Å². The number of rotatable bonds is 4. The van der Waals surface area contributed by atoms with Crippen molar-refractivity contribution in [3.05, 3.63) is 59.2 Å². The van der Waals surface area contributed by atoms with E-state index in [-0.39, 0.29) is 0 Å². The number of aromatic nitrogens is 5. The van der Waals surface area contributed by atoms with Gasteiger partial charge >= 0.3 is 0 Å². The van der Waals surface area contributed by atoms with Crippen LogP contribution in [-0.2, 0) is 6.42 Å². The Morgan fingerprint density at radius 1 is 1.18 bits per heavy atom. The van der Waals surface area contributed by atoms with E-state index in [1.54, 1.807) is 21.9 Å². The molecule has 2 aromatic heterocycles. The summed E-state index contributed by atoms with van der Waals surface area (Å²) >= 11 is 0. The molecule has 0 saturated carbocycles. The SMILES string of the molecule is CCc1ccc(/C=N\n2cnnc2-n2nc(C)cc2C)cc1. The van der Waals surface area contributed by atoms with Gasteiger partial charge in [0.1, 0.15) is 6.33 Å². The van der Waals surface area contributed by atoms with E-state index in [2.05, 4.69) is 51.6 Å². The first kappa shape index (κ1) is 14.2. The summed E-state index contributed by atoms with van der Waals surface area (Å²) in [5.74, 6) is 0.576. The average Bonchev–Trinajstić information content (AvgIpc) is 3.11. The molecule has 0 bridgehead atoms. The van der Waals surface area contributed by atoms with E-state index < -0.39 is 0 Å². The number of nitrogens with zero attached hydrogens (tertiary/aromatic N) is 6. The summed E-state index contributed by atoms with van der Waals surface area (Å²) in [6.45, 7) is 6.07. The van der Waals surface area contributed by atoms with Crippen molar-refractivity contribution in [1.29, 1.82) is 0 Å². The van der Waals surface area contributed by atoms with Gasteiger partial charge < -0.3 is 0 Å². The van der Waals surface area contributed by atoms with Gasteiger partial charge in [0.15, 0.2) is 0 Å². The molecule has 112 valence electrons. The Labute approximate surface area is 129 Å². The van der Waals surface area contributed by atoms with Crippen LogP contribution in [-0.4, -0.2) is 30.9 Å². The monoisotopic (exact) mass is 294 g/mol. The van der Waals surface area contributed by atoms with Gasteiger partial charge in [0.25, 0.3) is 5.95 Å². The molecule has 0 spiro atoms. The minimum Gasteiger partial charge on any atom is -0.202 e. The summed E-state index contributed by atoms with van der Waals surface area (Å²) in [7, 11) is 0. The summed E-state index contributed by atoms with van der Waals surface area (Å²) in [5, 5.41) is 16.9. The highest BCUT2D eigenvalue weighted by atomic mass is 15.5. The normalized spacial score (nSPS) is 11.4. The Bertz CT molecular complexity index is 794. The number of hydrogen-bond donors (Lipinski definition) is 0. The van der Waals surface area contributed by atoms with Crippen molar-refractivity contribution in [1.82, 2.24) is 24.7 Å². The molecule has 6 heteroatoms. The summed E-state index contributed by atoms with van der Waals surface area (Å²) in [4.78, 5) is 0. The van der Waals surface area contributed by atoms with Gasteiger partial charge in [0.05, 0.1) is 11.9 Å². The lowest BCUT2D eigenvalue weighted by Gasteiger charge is -2.02. The Hall–Kier alpha value is -2.76. The first-order valence-corrected chi connectivity index (χ1v) is 7.24. The van der Waals surface area contributed by atoms with Crippen LogP contribution in [0.15, 0.2) is 41.8 Å². The van der Waals surface area contributed by atoms with Gasteiger partial charge in [-0.3, -0.25) is 0 Å². The van der Waals surface area contributed by atoms with Crippen LogP contribution in [0.25, 0.3) is 5.95 Å². The highest BCUT2D eigenvalue weighted by Crippen LogP contribution is 2.09. The van der Waals surface area contributed by atoms with Gasteiger partial charge in [-0.1, -0.05) is 31.2 Å². The fourth-order valence-electron chi connectivity index (χ4n) is 2.24. The third kappa shape index (κ3) is 2.81. The van der Waals surface area contributed by atoms with Crippen LogP contribution >= 0.6 is 0 Å². The standard InChI is InChI=1S/C16H18N6/c1-4-14-5-7-15(8-6-14)10-18-21-11-17-19-16(21)22-13(3)9-12(2)20-22/h5-11H,4H2,1-3H3/b18-10-. The molecule has 0 N–H and O–H groups in total. The molecule has 1 aromatic carbocycles. The fraction of sp³-hybridized carbons (Fsp3) is 0.250. The number of benzene rings is 1. The fourth-order valence-corrected chi connectivity index (χ4v) is 2.24. The Balaban J connectivity index is 1.88. The van der Waals surface area contributed by atoms with Crippen LogP contribution in [0.2, 0.25) is 0 Å². The molecule has 3 rings (SSSR count).